The average molecular weight is 343 g/mol. The van der Waals surface area contributed by atoms with Crippen LogP contribution in [0.25, 0.3) is 10.8 Å². The summed E-state index contributed by atoms with van der Waals surface area (Å²) in [4.78, 5) is 15.1. The van der Waals surface area contributed by atoms with Crippen molar-refractivity contribution < 1.29 is 19.0 Å². The van der Waals surface area contributed by atoms with Gasteiger partial charge in [-0.25, -0.2) is 4.39 Å². The molecule has 1 amide bonds. The van der Waals surface area contributed by atoms with Crippen molar-refractivity contribution in [1.29, 1.82) is 0 Å². The SMILES string of the molecule is O=C(c1ccc(F)c2ccccc12)N1CCC[C@@H]1[C@H]1COCC[C@H]1O. The van der Waals surface area contributed by atoms with Crippen molar-refractivity contribution in [3.63, 3.8) is 0 Å². The Morgan fingerprint density at radius 1 is 1.16 bits per heavy atom. The first kappa shape index (κ1) is 16.5. The molecule has 0 unspecified atom stereocenters. The normalized spacial score (nSPS) is 27.0. The Balaban J connectivity index is 1.67. The van der Waals surface area contributed by atoms with E-state index in [1.807, 2.05) is 11.0 Å². The highest BCUT2D eigenvalue weighted by molar-refractivity contribution is 6.07. The number of carbonyl (C=O) groups excluding carboxylic acids is 1. The second-order valence-corrected chi connectivity index (χ2v) is 6.94. The number of aliphatic hydroxyl groups is 1. The van der Waals surface area contributed by atoms with Crippen molar-refractivity contribution in [1.82, 2.24) is 4.90 Å². The summed E-state index contributed by atoms with van der Waals surface area (Å²) in [5.74, 6) is -0.454. The van der Waals surface area contributed by atoms with Crippen LogP contribution in [-0.4, -0.2) is 47.8 Å². The zero-order chi connectivity index (χ0) is 17.4. The molecule has 4 nitrogen and oxygen atoms in total. The summed E-state index contributed by atoms with van der Waals surface area (Å²) in [5.41, 5.74) is 0.523. The van der Waals surface area contributed by atoms with E-state index in [2.05, 4.69) is 0 Å². The summed E-state index contributed by atoms with van der Waals surface area (Å²) in [6, 6.07) is 9.98. The number of ether oxygens (including phenoxy) is 1. The Bertz CT molecular complexity index is 794. The van der Waals surface area contributed by atoms with Crippen molar-refractivity contribution in [2.45, 2.75) is 31.4 Å². The van der Waals surface area contributed by atoms with Gasteiger partial charge in [-0.15, -0.1) is 0 Å². The molecule has 1 N–H and O–H groups in total. The molecule has 0 saturated carbocycles. The zero-order valence-electron chi connectivity index (χ0n) is 14.0. The van der Waals surface area contributed by atoms with E-state index in [1.165, 1.54) is 6.07 Å². The van der Waals surface area contributed by atoms with E-state index < -0.39 is 6.10 Å². The van der Waals surface area contributed by atoms with Crippen LogP contribution < -0.4 is 0 Å². The first-order valence-corrected chi connectivity index (χ1v) is 8.91. The number of nitrogens with zero attached hydrogens (tertiary/aromatic N) is 1. The Morgan fingerprint density at radius 2 is 1.96 bits per heavy atom. The lowest BCUT2D eigenvalue weighted by molar-refractivity contribution is -0.0589. The number of halogens is 1. The van der Waals surface area contributed by atoms with Gasteiger partial charge >= 0.3 is 0 Å². The number of aliphatic hydroxyl groups excluding tert-OH is 1. The lowest BCUT2D eigenvalue weighted by atomic mass is 9.89. The Labute approximate surface area is 146 Å². The van der Waals surface area contributed by atoms with E-state index in [0.29, 0.717) is 42.5 Å². The smallest absolute Gasteiger partial charge is 0.254 e. The molecule has 5 heteroatoms. The maximum Gasteiger partial charge on any atom is 0.254 e. The number of benzene rings is 2. The maximum absolute atomic E-state index is 14.1. The van der Waals surface area contributed by atoms with Gasteiger partial charge in [-0.1, -0.05) is 24.3 Å². The number of amides is 1. The molecule has 0 aliphatic carbocycles. The first-order chi connectivity index (χ1) is 12.2. The van der Waals surface area contributed by atoms with Crippen LogP contribution in [0.2, 0.25) is 0 Å². The minimum absolute atomic E-state index is 0.0217. The van der Waals surface area contributed by atoms with Crippen molar-refractivity contribution in [3.05, 3.63) is 47.8 Å². The van der Waals surface area contributed by atoms with Crippen molar-refractivity contribution in [2.24, 2.45) is 5.92 Å². The third-order valence-corrected chi connectivity index (χ3v) is 5.52. The lowest BCUT2D eigenvalue weighted by Gasteiger charge is -2.37. The van der Waals surface area contributed by atoms with Gasteiger partial charge in [-0.2, -0.15) is 0 Å². The monoisotopic (exact) mass is 343 g/mol. The highest BCUT2D eigenvalue weighted by Crippen LogP contribution is 2.32. The van der Waals surface area contributed by atoms with Crippen LogP contribution in [0, 0.1) is 11.7 Å². The van der Waals surface area contributed by atoms with Gasteiger partial charge in [-0.3, -0.25) is 4.79 Å². The van der Waals surface area contributed by atoms with E-state index >= 15 is 0 Å². The molecule has 2 saturated heterocycles. The van der Waals surface area contributed by atoms with Gasteiger partial charge in [-0.05, 0) is 36.8 Å². The summed E-state index contributed by atoms with van der Waals surface area (Å²) in [5, 5.41) is 11.4. The fourth-order valence-electron chi connectivity index (χ4n) is 4.21. The fraction of sp³-hybridized carbons (Fsp3) is 0.450. The second kappa shape index (κ2) is 6.73. The molecule has 0 spiro atoms. The number of hydrogen-bond acceptors (Lipinski definition) is 3. The quantitative estimate of drug-likeness (QED) is 0.912. The van der Waals surface area contributed by atoms with Gasteiger partial charge in [0, 0.05) is 36.1 Å². The fourth-order valence-corrected chi connectivity index (χ4v) is 4.21. The van der Waals surface area contributed by atoms with Gasteiger partial charge < -0.3 is 14.7 Å². The molecule has 2 heterocycles. The van der Waals surface area contributed by atoms with E-state index in [9.17, 15) is 14.3 Å². The molecule has 2 fully saturated rings. The van der Waals surface area contributed by atoms with Crippen LogP contribution in [0.1, 0.15) is 29.6 Å². The minimum Gasteiger partial charge on any atom is -0.393 e. The Morgan fingerprint density at radius 3 is 2.76 bits per heavy atom. The molecule has 0 radical (unpaired) electrons. The summed E-state index contributed by atoms with van der Waals surface area (Å²) >= 11 is 0. The number of hydrogen-bond donors (Lipinski definition) is 1. The average Bonchev–Trinajstić information content (AvgIpc) is 3.12. The summed E-state index contributed by atoms with van der Waals surface area (Å²) < 4.78 is 19.6. The van der Waals surface area contributed by atoms with Crippen molar-refractivity contribution >= 4 is 16.7 Å². The summed E-state index contributed by atoms with van der Waals surface area (Å²) in [6.45, 7) is 1.72. The number of carbonyl (C=O) groups is 1. The van der Waals surface area contributed by atoms with Crippen molar-refractivity contribution in [2.75, 3.05) is 19.8 Å². The third kappa shape index (κ3) is 2.92. The number of fused-ring (bicyclic) bond motifs is 1. The molecule has 2 aromatic rings. The molecule has 2 aliphatic rings. The van der Waals surface area contributed by atoms with Gasteiger partial charge in [0.15, 0.2) is 0 Å². The van der Waals surface area contributed by atoms with Gasteiger partial charge in [0.25, 0.3) is 5.91 Å². The van der Waals surface area contributed by atoms with Gasteiger partial charge in [0.2, 0.25) is 0 Å². The zero-order valence-corrected chi connectivity index (χ0v) is 14.0. The highest BCUT2D eigenvalue weighted by Gasteiger charge is 2.40. The predicted octanol–water partition coefficient (Wildman–Crippen LogP) is 2.98. The molecule has 132 valence electrons. The molecule has 4 rings (SSSR count). The van der Waals surface area contributed by atoms with Gasteiger partial charge in [0.05, 0.1) is 12.7 Å². The first-order valence-electron chi connectivity index (χ1n) is 8.91. The topological polar surface area (TPSA) is 49.8 Å². The van der Waals surface area contributed by atoms with Crippen LogP contribution in [0.3, 0.4) is 0 Å². The van der Waals surface area contributed by atoms with E-state index in [0.717, 1.165) is 12.8 Å². The molecule has 3 atom stereocenters. The second-order valence-electron chi connectivity index (χ2n) is 6.94. The third-order valence-electron chi connectivity index (χ3n) is 5.52. The lowest BCUT2D eigenvalue weighted by Crippen LogP contribution is -2.48. The van der Waals surface area contributed by atoms with Crippen LogP contribution in [-0.2, 0) is 4.74 Å². The van der Waals surface area contributed by atoms with E-state index in [-0.39, 0.29) is 23.7 Å². The predicted molar refractivity (Wildman–Crippen MR) is 92.9 cm³/mol. The van der Waals surface area contributed by atoms with E-state index in [1.54, 1.807) is 24.3 Å². The summed E-state index contributed by atoms with van der Waals surface area (Å²) in [6.07, 6.45) is 1.97. The molecule has 2 aromatic carbocycles. The van der Waals surface area contributed by atoms with Crippen LogP contribution in [0.4, 0.5) is 4.39 Å². The van der Waals surface area contributed by atoms with E-state index in [4.69, 9.17) is 4.74 Å². The largest absolute Gasteiger partial charge is 0.393 e. The number of rotatable bonds is 2. The molecule has 0 bridgehead atoms. The van der Waals surface area contributed by atoms with Gasteiger partial charge in [0.1, 0.15) is 5.82 Å². The molecule has 25 heavy (non-hydrogen) atoms. The molecular weight excluding hydrogens is 321 g/mol. The van der Waals surface area contributed by atoms with Crippen molar-refractivity contribution in [3.8, 4) is 0 Å². The maximum atomic E-state index is 14.1. The Hall–Kier alpha value is -1.98. The van der Waals surface area contributed by atoms with Crippen LogP contribution in [0.5, 0.6) is 0 Å². The molecule has 2 aliphatic heterocycles. The molecular formula is C20H22FNO3. The standard InChI is InChI=1S/C20H22FNO3/c21-17-8-7-15(13-4-1-2-5-14(13)17)20(24)22-10-3-6-18(22)16-12-25-11-9-19(16)23/h1-2,4-5,7-8,16,18-19,23H,3,6,9-12H2/t16-,18-,19-/m1/s1. The van der Waals surface area contributed by atoms with Crippen LogP contribution >= 0.6 is 0 Å². The number of likely N-dealkylation sites (tertiary alicyclic amines) is 1. The highest BCUT2D eigenvalue weighted by atomic mass is 19.1. The summed E-state index contributed by atoms with van der Waals surface area (Å²) in [7, 11) is 0. The molecule has 0 aromatic heterocycles. The van der Waals surface area contributed by atoms with Crippen LogP contribution in [0.15, 0.2) is 36.4 Å². The Kier molecular flexibility index (Phi) is 4.44. The minimum atomic E-state index is -0.433.